The molecule has 0 aromatic carbocycles. The molecule has 0 radical (unpaired) electrons. The Bertz CT molecular complexity index is 233. The average molecular weight is 268 g/mol. The fraction of sp³-hybridized carbons (Fsp3) is 1.00. The second-order valence-corrected chi connectivity index (χ2v) is 7.44. The minimum absolute atomic E-state index is 0.423. The highest BCUT2D eigenvalue weighted by atomic mass is 15.1. The lowest BCUT2D eigenvalue weighted by Crippen LogP contribution is -2.43. The standard InChI is InChI=1S/C17H36N2/c1-6-11-17(4,13-18-15(2)3)14-19(5)12-16-9-7-8-10-16/h15-16,18H,6-14H2,1-5H3. The molecule has 1 unspecified atom stereocenters. The van der Waals surface area contributed by atoms with Crippen LogP contribution in [0.3, 0.4) is 0 Å². The second-order valence-electron chi connectivity index (χ2n) is 7.44. The lowest BCUT2D eigenvalue weighted by Gasteiger charge is -2.35. The third-order valence-electron chi connectivity index (χ3n) is 4.49. The molecule has 1 aliphatic rings. The van der Waals surface area contributed by atoms with Crippen molar-refractivity contribution >= 4 is 0 Å². The SMILES string of the molecule is CCCC(C)(CNC(C)C)CN(C)CC1CCCC1. The second kappa shape index (κ2) is 8.26. The van der Waals surface area contributed by atoms with E-state index < -0.39 is 0 Å². The van der Waals surface area contributed by atoms with E-state index in [9.17, 15) is 0 Å². The van der Waals surface area contributed by atoms with E-state index in [1.54, 1.807) is 0 Å². The van der Waals surface area contributed by atoms with Gasteiger partial charge in [0, 0.05) is 25.7 Å². The van der Waals surface area contributed by atoms with Gasteiger partial charge in [-0.15, -0.1) is 0 Å². The van der Waals surface area contributed by atoms with Gasteiger partial charge in [-0.25, -0.2) is 0 Å². The van der Waals surface area contributed by atoms with Crippen LogP contribution in [0.15, 0.2) is 0 Å². The molecule has 1 saturated carbocycles. The summed E-state index contributed by atoms with van der Waals surface area (Å²) in [6.07, 6.45) is 8.44. The Hall–Kier alpha value is -0.0800. The third kappa shape index (κ3) is 6.76. The van der Waals surface area contributed by atoms with E-state index in [2.05, 4.69) is 45.0 Å². The number of rotatable bonds is 9. The summed E-state index contributed by atoms with van der Waals surface area (Å²) in [4.78, 5) is 2.59. The average Bonchev–Trinajstić information content (AvgIpc) is 2.79. The Labute approximate surface area is 121 Å². The van der Waals surface area contributed by atoms with Crippen LogP contribution in [0.25, 0.3) is 0 Å². The Morgan fingerprint density at radius 2 is 1.89 bits per heavy atom. The Morgan fingerprint density at radius 3 is 2.42 bits per heavy atom. The summed E-state index contributed by atoms with van der Waals surface area (Å²) in [5, 5.41) is 3.64. The molecule has 0 saturated heterocycles. The first kappa shape index (κ1) is 17.0. The zero-order chi connectivity index (χ0) is 14.3. The van der Waals surface area contributed by atoms with E-state index in [0.29, 0.717) is 11.5 Å². The molecule has 1 N–H and O–H groups in total. The summed E-state index contributed by atoms with van der Waals surface area (Å²) in [5.74, 6) is 0.967. The summed E-state index contributed by atoms with van der Waals surface area (Å²) in [5.41, 5.74) is 0.423. The van der Waals surface area contributed by atoms with E-state index in [0.717, 1.165) is 12.5 Å². The zero-order valence-electron chi connectivity index (χ0n) is 14.0. The van der Waals surface area contributed by atoms with Crippen LogP contribution < -0.4 is 5.32 Å². The molecule has 1 fully saturated rings. The smallest absolute Gasteiger partial charge is 0.00445 e. The summed E-state index contributed by atoms with van der Waals surface area (Å²) >= 11 is 0. The first-order valence-corrected chi connectivity index (χ1v) is 8.37. The Kier molecular flexibility index (Phi) is 7.38. The Balaban J connectivity index is 2.40. The highest BCUT2D eigenvalue weighted by molar-refractivity contribution is 4.82. The predicted molar refractivity (Wildman–Crippen MR) is 85.6 cm³/mol. The van der Waals surface area contributed by atoms with Crippen molar-refractivity contribution in [2.75, 3.05) is 26.7 Å². The molecular formula is C17H36N2. The van der Waals surface area contributed by atoms with Gasteiger partial charge in [-0.2, -0.15) is 0 Å². The van der Waals surface area contributed by atoms with Crippen molar-refractivity contribution in [1.29, 1.82) is 0 Å². The van der Waals surface area contributed by atoms with E-state index in [-0.39, 0.29) is 0 Å². The van der Waals surface area contributed by atoms with Crippen molar-refractivity contribution in [3.63, 3.8) is 0 Å². The molecule has 0 spiro atoms. The molecule has 1 atom stereocenters. The van der Waals surface area contributed by atoms with Crippen LogP contribution in [-0.2, 0) is 0 Å². The van der Waals surface area contributed by atoms with Gasteiger partial charge in [-0.1, -0.05) is 47.0 Å². The van der Waals surface area contributed by atoms with Crippen LogP contribution >= 0.6 is 0 Å². The lowest BCUT2D eigenvalue weighted by atomic mass is 9.84. The fourth-order valence-corrected chi connectivity index (χ4v) is 3.63. The van der Waals surface area contributed by atoms with Gasteiger partial charge in [-0.3, -0.25) is 0 Å². The summed E-state index contributed by atoms with van der Waals surface area (Å²) < 4.78 is 0. The molecule has 0 amide bonds. The van der Waals surface area contributed by atoms with E-state index in [1.165, 1.54) is 51.6 Å². The summed E-state index contributed by atoms with van der Waals surface area (Å²) in [6.45, 7) is 12.9. The van der Waals surface area contributed by atoms with Crippen LogP contribution in [0.1, 0.15) is 66.2 Å². The van der Waals surface area contributed by atoms with Gasteiger partial charge in [-0.05, 0) is 37.6 Å². The van der Waals surface area contributed by atoms with Crippen molar-refractivity contribution in [2.45, 2.75) is 72.3 Å². The number of nitrogens with zero attached hydrogens (tertiary/aromatic N) is 1. The number of hydrogen-bond donors (Lipinski definition) is 1. The molecule has 1 rings (SSSR count). The number of hydrogen-bond acceptors (Lipinski definition) is 2. The first-order valence-electron chi connectivity index (χ1n) is 8.37. The molecule has 114 valence electrons. The van der Waals surface area contributed by atoms with E-state index in [4.69, 9.17) is 0 Å². The van der Waals surface area contributed by atoms with Gasteiger partial charge >= 0.3 is 0 Å². The maximum absolute atomic E-state index is 3.64. The maximum atomic E-state index is 3.64. The summed E-state index contributed by atoms with van der Waals surface area (Å²) in [7, 11) is 2.32. The maximum Gasteiger partial charge on any atom is 0.00445 e. The van der Waals surface area contributed by atoms with Gasteiger partial charge in [0.05, 0.1) is 0 Å². The minimum atomic E-state index is 0.423. The van der Waals surface area contributed by atoms with Crippen LogP contribution in [0.5, 0.6) is 0 Å². The molecule has 0 aromatic rings. The molecular weight excluding hydrogens is 232 g/mol. The van der Waals surface area contributed by atoms with Crippen molar-refractivity contribution in [1.82, 2.24) is 10.2 Å². The topological polar surface area (TPSA) is 15.3 Å². The van der Waals surface area contributed by atoms with Crippen molar-refractivity contribution in [2.24, 2.45) is 11.3 Å². The lowest BCUT2D eigenvalue weighted by molar-refractivity contribution is 0.154. The van der Waals surface area contributed by atoms with Crippen LogP contribution in [-0.4, -0.2) is 37.6 Å². The van der Waals surface area contributed by atoms with Crippen molar-refractivity contribution in [3.05, 3.63) is 0 Å². The van der Waals surface area contributed by atoms with Crippen LogP contribution in [0.4, 0.5) is 0 Å². The zero-order valence-corrected chi connectivity index (χ0v) is 14.0. The van der Waals surface area contributed by atoms with Gasteiger partial charge in [0.1, 0.15) is 0 Å². The molecule has 1 aliphatic carbocycles. The van der Waals surface area contributed by atoms with E-state index in [1.807, 2.05) is 0 Å². The monoisotopic (exact) mass is 268 g/mol. The first-order chi connectivity index (χ1) is 8.95. The molecule has 0 heterocycles. The van der Waals surface area contributed by atoms with Gasteiger partial charge < -0.3 is 10.2 Å². The quantitative estimate of drug-likeness (QED) is 0.682. The van der Waals surface area contributed by atoms with Crippen LogP contribution in [0, 0.1) is 11.3 Å². The van der Waals surface area contributed by atoms with Gasteiger partial charge in [0.15, 0.2) is 0 Å². The molecule has 0 aliphatic heterocycles. The molecule has 0 aromatic heterocycles. The molecule has 0 bridgehead atoms. The third-order valence-corrected chi connectivity index (χ3v) is 4.49. The predicted octanol–water partition coefficient (Wildman–Crippen LogP) is 3.91. The minimum Gasteiger partial charge on any atom is -0.314 e. The van der Waals surface area contributed by atoms with Crippen molar-refractivity contribution in [3.8, 4) is 0 Å². The van der Waals surface area contributed by atoms with E-state index >= 15 is 0 Å². The fourth-order valence-electron chi connectivity index (χ4n) is 3.63. The van der Waals surface area contributed by atoms with Crippen molar-refractivity contribution < 1.29 is 0 Å². The number of nitrogens with one attached hydrogen (secondary N) is 1. The largest absolute Gasteiger partial charge is 0.314 e. The van der Waals surface area contributed by atoms with Crippen LogP contribution in [0.2, 0.25) is 0 Å². The Morgan fingerprint density at radius 1 is 1.26 bits per heavy atom. The molecule has 2 heteroatoms. The summed E-state index contributed by atoms with van der Waals surface area (Å²) in [6, 6.07) is 0.594. The van der Waals surface area contributed by atoms with Gasteiger partial charge in [0.2, 0.25) is 0 Å². The highest BCUT2D eigenvalue weighted by Crippen LogP contribution is 2.28. The molecule has 19 heavy (non-hydrogen) atoms. The highest BCUT2D eigenvalue weighted by Gasteiger charge is 2.26. The molecule has 2 nitrogen and oxygen atoms in total. The normalized spacial score (nSPS) is 20.4. The van der Waals surface area contributed by atoms with Gasteiger partial charge in [0.25, 0.3) is 0 Å².